The number of aromatic nitrogens is 1. The second-order valence-electron chi connectivity index (χ2n) is 7.07. The van der Waals surface area contributed by atoms with Gasteiger partial charge in [-0.25, -0.2) is 4.68 Å². The van der Waals surface area contributed by atoms with Crippen molar-refractivity contribution in [3.8, 4) is 28.5 Å². The van der Waals surface area contributed by atoms with E-state index in [2.05, 4.69) is 47.3 Å². The average molecular weight is 460 g/mol. The molecule has 168 valence electrons. The third kappa shape index (κ3) is 4.54. The molecule has 4 rings (SSSR count). The zero-order valence-electron chi connectivity index (χ0n) is 18.8. The molecule has 0 aliphatic heterocycles. The van der Waals surface area contributed by atoms with Gasteiger partial charge in [-0.1, -0.05) is 48.5 Å². The zero-order chi connectivity index (χ0) is 23.2. The molecule has 0 aliphatic carbocycles. The van der Waals surface area contributed by atoms with Crippen LogP contribution in [0.4, 0.5) is 0 Å². The highest BCUT2D eigenvalue weighted by Gasteiger charge is 2.13. The minimum Gasteiger partial charge on any atom is -0.496 e. The molecular formula is C26H25N3O3S. The predicted molar refractivity (Wildman–Crippen MR) is 135 cm³/mol. The molecule has 0 fully saturated rings. The number of hydrogen-bond acceptors (Lipinski definition) is 6. The summed E-state index contributed by atoms with van der Waals surface area (Å²) in [6.07, 6.45) is 3.51. The smallest absolute Gasteiger partial charge is 0.206 e. The molecule has 7 heteroatoms. The van der Waals surface area contributed by atoms with Crippen LogP contribution in [-0.2, 0) is 0 Å². The lowest BCUT2D eigenvalue weighted by Crippen LogP contribution is -2.12. The van der Waals surface area contributed by atoms with Crippen LogP contribution in [-0.4, -0.2) is 38.8 Å². The van der Waals surface area contributed by atoms with E-state index in [1.807, 2.05) is 22.9 Å². The van der Waals surface area contributed by atoms with Gasteiger partial charge in [0.15, 0.2) is 11.5 Å². The largest absolute Gasteiger partial charge is 0.496 e. The molecule has 0 saturated heterocycles. The van der Waals surface area contributed by atoms with Gasteiger partial charge in [-0.2, -0.15) is 5.10 Å². The fraction of sp³-hybridized carbons (Fsp3) is 0.154. The first-order valence-electron chi connectivity index (χ1n) is 10.3. The van der Waals surface area contributed by atoms with Crippen molar-refractivity contribution < 1.29 is 14.2 Å². The summed E-state index contributed by atoms with van der Waals surface area (Å²) in [4.78, 5) is 5.41. The van der Waals surface area contributed by atoms with Crippen LogP contribution in [0.2, 0.25) is 0 Å². The van der Waals surface area contributed by atoms with E-state index >= 15 is 0 Å². The minimum absolute atomic E-state index is 0.505. The van der Waals surface area contributed by atoms with E-state index in [9.17, 15) is 0 Å². The van der Waals surface area contributed by atoms with Crippen LogP contribution in [0, 0.1) is 0 Å². The third-order valence-corrected chi connectivity index (χ3v) is 6.01. The third-order valence-electron chi connectivity index (χ3n) is 5.15. The van der Waals surface area contributed by atoms with Gasteiger partial charge in [0.2, 0.25) is 4.80 Å². The first-order chi connectivity index (χ1) is 16.2. The highest BCUT2D eigenvalue weighted by atomic mass is 32.1. The quantitative estimate of drug-likeness (QED) is 0.263. The topological polar surface area (TPSA) is 57.3 Å². The van der Waals surface area contributed by atoms with Gasteiger partial charge in [0.05, 0.1) is 39.8 Å². The molecule has 33 heavy (non-hydrogen) atoms. The van der Waals surface area contributed by atoms with Crippen LogP contribution in [0.5, 0.6) is 17.2 Å². The first-order valence-corrected chi connectivity index (χ1v) is 11.2. The molecule has 6 nitrogen and oxygen atoms in total. The molecule has 0 atom stereocenters. The number of ether oxygens (including phenoxy) is 3. The Morgan fingerprint density at radius 2 is 1.67 bits per heavy atom. The number of methoxy groups -OCH3 is 3. The van der Waals surface area contributed by atoms with Crippen LogP contribution in [0.1, 0.15) is 5.56 Å². The Kier molecular flexibility index (Phi) is 6.90. The van der Waals surface area contributed by atoms with Crippen LogP contribution in [0.3, 0.4) is 0 Å². The second-order valence-corrected chi connectivity index (χ2v) is 7.90. The molecule has 1 aromatic heterocycles. The van der Waals surface area contributed by atoms with Gasteiger partial charge in [-0.3, -0.25) is 4.99 Å². The lowest BCUT2D eigenvalue weighted by Gasteiger charge is -2.12. The fourth-order valence-corrected chi connectivity index (χ4v) is 4.41. The summed E-state index contributed by atoms with van der Waals surface area (Å²) in [6.45, 7) is 4.29. The Morgan fingerprint density at radius 1 is 0.939 bits per heavy atom. The molecule has 0 spiro atoms. The van der Waals surface area contributed by atoms with Crippen molar-refractivity contribution in [2.75, 3.05) is 27.9 Å². The van der Waals surface area contributed by atoms with Crippen LogP contribution in [0.15, 0.2) is 82.7 Å². The van der Waals surface area contributed by atoms with Gasteiger partial charge in [0, 0.05) is 22.6 Å². The molecule has 4 aromatic rings. The maximum Gasteiger partial charge on any atom is 0.206 e. The molecule has 0 radical (unpaired) electrons. The normalized spacial score (nSPS) is 11.8. The Balaban J connectivity index is 1.88. The number of nitrogens with zero attached hydrogens (tertiary/aromatic N) is 3. The van der Waals surface area contributed by atoms with Crippen LogP contribution in [0.25, 0.3) is 22.0 Å². The first kappa shape index (κ1) is 22.4. The van der Waals surface area contributed by atoms with Crippen molar-refractivity contribution >= 4 is 28.3 Å². The monoisotopic (exact) mass is 459 g/mol. The molecule has 0 bridgehead atoms. The summed E-state index contributed by atoms with van der Waals surface area (Å²) in [7, 11) is 4.81. The lowest BCUT2D eigenvalue weighted by atomic mass is 10.0. The molecule has 0 unspecified atom stereocenters. The summed E-state index contributed by atoms with van der Waals surface area (Å²) in [6, 6.07) is 18.2. The molecular weight excluding hydrogens is 434 g/mol. The summed E-state index contributed by atoms with van der Waals surface area (Å²) >= 11 is 1.54. The van der Waals surface area contributed by atoms with E-state index in [1.165, 1.54) is 16.7 Å². The maximum absolute atomic E-state index is 5.55. The SMILES string of the molecule is C=CCN=c1scc(-c2cccc3ccccc23)n1N=Cc1cc(OC)c(OC)cc1OC. The number of thiazole rings is 1. The van der Waals surface area contributed by atoms with E-state index < -0.39 is 0 Å². The lowest BCUT2D eigenvalue weighted by molar-refractivity contribution is 0.349. The average Bonchev–Trinajstić information content (AvgIpc) is 3.27. The van der Waals surface area contributed by atoms with Crippen molar-refractivity contribution in [2.45, 2.75) is 0 Å². The molecule has 3 aromatic carbocycles. The van der Waals surface area contributed by atoms with E-state index in [-0.39, 0.29) is 0 Å². The van der Waals surface area contributed by atoms with Crippen molar-refractivity contribution in [1.82, 2.24) is 4.68 Å². The van der Waals surface area contributed by atoms with Crippen molar-refractivity contribution in [3.63, 3.8) is 0 Å². The summed E-state index contributed by atoms with van der Waals surface area (Å²) in [5.74, 6) is 1.82. The van der Waals surface area contributed by atoms with Gasteiger partial charge >= 0.3 is 0 Å². The number of hydrogen-bond donors (Lipinski definition) is 0. The van der Waals surface area contributed by atoms with E-state index in [1.54, 1.807) is 39.7 Å². The van der Waals surface area contributed by atoms with Gasteiger partial charge < -0.3 is 14.2 Å². The molecule has 0 N–H and O–H groups in total. The molecule has 0 aliphatic rings. The zero-order valence-corrected chi connectivity index (χ0v) is 19.6. The van der Waals surface area contributed by atoms with Gasteiger partial charge in [0.1, 0.15) is 5.75 Å². The molecule has 0 amide bonds. The predicted octanol–water partition coefficient (Wildman–Crippen LogP) is 5.36. The number of benzene rings is 3. The number of fused-ring (bicyclic) bond motifs is 1. The minimum atomic E-state index is 0.505. The highest BCUT2D eigenvalue weighted by Crippen LogP contribution is 2.34. The van der Waals surface area contributed by atoms with E-state index in [4.69, 9.17) is 19.3 Å². The van der Waals surface area contributed by atoms with E-state index in [0.29, 0.717) is 23.8 Å². The Morgan fingerprint density at radius 3 is 2.42 bits per heavy atom. The van der Waals surface area contributed by atoms with Gasteiger partial charge in [-0.05, 0) is 16.8 Å². The van der Waals surface area contributed by atoms with Gasteiger partial charge in [0.25, 0.3) is 0 Å². The summed E-state index contributed by atoms with van der Waals surface area (Å²) in [5.41, 5.74) is 2.79. The summed E-state index contributed by atoms with van der Waals surface area (Å²) < 4.78 is 18.3. The van der Waals surface area contributed by atoms with E-state index in [0.717, 1.165) is 27.0 Å². The fourth-order valence-electron chi connectivity index (χ4n) is 3.57. The van der Waals surface area contributed by atoms with Crippen LogP contribution >= 0.6 is 11.3 Å². The second kappa shape index (κ2) is 10.2. The van der Waals surface area contributed by atoms with Crippen molar-refractivity contribution in [3.05, 3.63) is 83.0 Å². The number of rotatable bonds is 8. The summed E-state index contributed by atoms with van der Waals surface area (Å²) in [5, 5.41) is 9.21. The maximum atomic E-state index is 5.55. The highest BCUT2D eigenvalue weighted by molar-refractivity contribution is 7.07. The van der Waals surface area contributed by atoms with Crippen molar-refractivity contribution in [2.24, 2.45) is 10.1 Å². The van der Waals surface area contributed by atoms with Crippen molar-refractivity contribution in [1.29, 1.82) is 0 Å². The molecule has 0 saturated carbocycles. The van der Waals surface area contributed by atoms with Gasteiger partial charge in [-0.15, -0.1) is 17.9 Å². The Bertz CT molecular complexity index is 1380. The Labute approximate surface area is 196 Å². The Hall–Kier alpha value is -3.84. The standard InChI is InChI=1S/C26H25N3O3S/c1-5-13-27-26-29(28-16-19-14-24(31-3)25(32-4)15-23(19)30-2)22(17-33-26)21-12-8-10-18-9-6-7-11-20(18)21/h5-12,14-17H,1,13H2,2-4H3. The molecule has 1 heterocycles. The van der Waals surface area contributed by atoms with Crippen LogP contribution < -0.4 is 19.0 Å².